The van der Waals surface area contributed by atoms with Crippen molar-refractivity contribution in [2.45, 2.75) is 45.4 Å². The number of hydrogen-bond donors (Lipinski definition) is 2. The second kappa shape index (κ2) is 6.58. The van der Waals surface area contributed by atoms with Crippen LogP contribution in [0, 0.1) is 0 Å². The summed E-state index contributed by atoms with van der Waals surface area (Å²) in [6, 6.07) is 0. The number of allylic oxidation sites excluding steroid dienone is 2. The summed E-state index contributed by atoms with van der Waals surface area (Å²) >= 11 is 0. The van der Waals surface area contributed by atoms with Gasteiger partial charge in [0.05, 0.1) is 19.2 Å². The van der Waals surface area contributed by atoms with Crippen LogP contribution in [0.2, 0.25) is 0 Å². The topological polar surface area (TPSA) is 67.4 Å². The van der Waals surface area contributed by atoms with Crippen molar-refractivity contribution in [2.24, 2.45) is 0 Å². The van der Waals surface area contributed by atoms with Gasteiger partial charge < -0.3 is 15.4 Å². The minimum absolute atomic E-state index is 0.0751. The molecule has 0 spiro atoms. The van der Waals surface area contributed by atoms with Gasteiger partial charge in [-0.3, -0.25) is 4.79 Å². The van der Waals surface area contributed by atoms with Crippen LogP contribution in [0.3, 0.4) is 0 Å². The van der Waals surface area contributed by atoms with Crippen molar-refractivity contribution in [1.29, 1.82) is 0 Å². The van der Waals surface area contributed by atoms with Crippen LogP contribution in [0.5, 0.6) is 0 Å². The molecule has 1 saturated heterocycles. The Balaban J connectivity index is 2.08. The first-order valence-electron chi connectivity index (χ1n) is 7.91. The fourth-order valence-electron chi connectivity index (χ4n) is 2.69. The standard InChI is InChI=1S/C17H25N3O3/c1-17(2,3)23-16(22)20(4)11-7-9-14(20)19-15(21)13-8-5-6-10-18-12-13/h5-6,8,10,12,14H,7,9,11H2,1-4H3,(H-,18,19,21)/p+1. The van der Waals surface area contributed by atoms with Gasteiger partial charge in [-0.2, -0.15) is 4.79 Å². The Labute approximate surface area is 137 Å². The molecule has 126 valence electrons. The highest BCUT2D eigenvalue weighted by molar-refractivity contribution is 5.96. The number of ether oxygens (including phenoxy) is 1. The average Bonchev–Trinajstić information content (AvgIpc) is 2.66. The molecule has 2 aliphatic rings. The average molecular weight is 320 g/mol. The highest BCUT2D eigenvalue weighted by Gasteiger charge is 2.48. The zero-order valence-corrected chi connectivity index (χ0v) is 14.3. The lowest BCUT2D eigenvalue weighted by Gasteiger charge is -2.34. The van der Waals surface area contributed by atoms with Crippen molar-refractivity contribution in [1.82, 2.24) is 10.6 Å². The maximum atomic E-state index is 12.6. The normalized spacial score (nSPS) is 27.0. The molecule has 23 heavy (non-hydrogen) atoms. The van der Waals surface area contributed by atoms with Gasteiger partial charge in [-0.05, 0) is 32.9 Å². The third kappa shape index (κ3) is 4.22. The molecule has 0 aromatic heterocycles. The van der Waals surface area contributed by atoms with Crippen molar-refractivity contribution in [3.63, 3.8) is 0 Å². The molecular formula is C17H26N3O3+. The van der Waals surface area contributed by atoms with E-state index in [-0.39, 0.29) is 22.6 Å². The van der Waals surface area contributed by atoms with Crippen molar-refractivity contribution >= 4 is 12.0 Å². The van der Waals surface area contributed by atoms with E-state index in [1.165, 1.54) is 0 Å². The fourth-order valence-corrected chi connectivity index (χ4v) is 2.69. The third-order valence-corrected chi connectivity index (χ3v) is 3.98. The Morgan fingerprint density at radius 1 is 1.35 bits per heavy atom. The van der Waals surface area contributed by atoms with Gasteiger partial charge in [0.2, 0.25) is 0 Å². The molecule has 2 rings (SSSR count). The van der Waals surface area contributed by atoms with Crippen LogP contribution in [0.25, 0.3) is 0 Å². The lowest BCUT2D eigenvalue weighted by Crippen LogP contribution is -2.60. The van der Waals surface area contributed by atoms with Crippen molar-refractivity contribution in [3.05, 3.63) is 36.2 Å². The molecule has 1 fully saturated rings. The van der Waals surface area contributed by atoms with Gasteiger partial charge in [0.1, 0.15) is 5.60 Å². The lowest BCUT2D eigenvalue weighted by atomic mass is 10.2. The SMILES string of the molecule is CC(C)(C)OC(=O)[N+]1(C)CCCC1NC(=O)C1=CNC=CC=C1. The summed E-state index contributed by atoms with van der Waals surface area (Å²) in [6.45, 7) is 6.20. The van der Waals surface area contributed by atoms with Crippen molar-refractivity contribution in [3.8, 4) is 0 Å². The van der Waals surface area contributed by atoms with E-state index in [0.717, 1.165) is 12.8 Å². The summed E-state index contributed by atoms with van der Waals surface area (Å²) in [5.74, 6) is -0.197. The lowest BCUT2D eigenvalue weighted by molar-refractivity contribution is -0.853. The number of hydrogen-bond acceptors (Lipinski definition) is 4. The molecule has 2 unspecified atom stereocenters. The molecule has 6 nitrogen and oxygen atoms in total. The van der Waals surface area contributed by atoms with E-state index in [1.54, 1.807) is 24.6 Å². The minimum Gasteiger partial charge on any atom is -0.414 e. The summed E-state index contributed by atoms with van der Waals surface area (Å²) in [7, 11) is 1.82. The molecule has 0 saturated carbocycles. The first kappa shape index (κ1) is 17.3. The molecule has 0 bridgehead atoms. The Morgan fingerprint density at radius 2 is 2.09 bits per heavy atom. The molecule has 0 aromatic carbocycles. The molecule has 0 aliphatic carbocycles. The Kier molecular flexibility index (Phi) is 4.94. The second-order valence-electron chi connectivity index (χ2n) is 7.09. The highest BCUT2D eigenvalue weighted by Crippen LogP contribution is 2.26. The molecule has 0 aromatic rings. The molecule has 6 heteroatoms. The highest BCUT2D eigenvalue weighted by atomic mass is 16.6. The maximum Gasteiger partial charge on any atom is 0.518 e. The number of rotatable bonds is 2. The Morgan fingerprint density at radius 3 is 2.78 bits per heavy atom. The first-order valence-corrected chi connectivity index (χ1v) is 7.91. The van der Waals surface area contributed by atoms with Crippen LogP contribution in [-0.4, -0.2) is 41.8 Å². The van der Waals surface area contributed by atoms with Crippen LogP contribution in [0.15, 0.2) is 36.2 Å². The molecule has 2 amide bonds. The summed E-state index contributed by atoms with van der Waals surface area (Å²) in [6.07, 6.45) is 9.77. The third-order valence-electron chi connectivity index (χ3n) is 3.98. The smallest absolute Gasteiger partial charge is 0.414 e. The zero-order chi connectivity index (χ0) is 17.1. The van der Waals surface area contributed by atoms with Crippen molar-refractivity contribution in [2.75, 3.05) is 13.6 Å². The largest absolute Gasteiger partial charge is 0.518 e. The second-order valence-corrected chi connectivity index (χ2v) is 7.09. The van der Waals surface area contributed by atoms with E-state index in [0.29, 0.717) is 12.1 Å². The summed E-state index contributed by atoms with van der Waals surface area (Å²) < 4.78 is 5.61. The fraction of sp³-hybridized carbons (Fsp3) is 0.529. The number of carbonyl (C=O) groups is 2. The van der Waals surface area contributed by atoms with Gasteiger partial charge >= 0.3 is 6.09 Å². The number of amides is 2. The number of nitrogens with one attached hydrogen (secondary N) is 2. The van der Waals surface area contributed by atoms with Crippen LogP contribution in [-0.2, 0) is 9.53 Å². The van der Waals surface area contributed by atoms with Gasteiger partial charge in [0, 0.05) is 25.2 Å². The van der Waals surface area contributed by atoms with Crippen LogP contribution in [0.1, 0.15) is 33.6 Å². The van der Waals surface area contributed by atoms with E-state index in [2.05, 4.69) is 10.6 Å². The number of nitrogens with zero attached hydrogens (tertiary/aromatic N) is 1. The molecule has 2 heterocycles. The number of quaternary nitrogens is 1. The summed E-state index contributed by atoms with van der Waals surface area (Å²) in [4.78, 5) is 25.0. The summed E-state index contributed by atoms with van der Waals surface area (Å²) in [5, 5.41) is 5.89. The number of likely N-dealkylation sites (tertiary alicyclic amines) is 1. The van der Waals surface area contributed by atoms with E-state index in [9.17, 15) is 9.59 Å². The van der Waals surface area contributed by atoms with Crippen LogP contribution < -0.4 is 10.6 Å². The van der Waals surface area contributed by atoms with E-state index >= 15 is 0 Å². The monoisotopic (exact) mass is 320 g/mol. The quantitative estimate of drug-likeness (QED) is 0.765. The zero-order valence-electron chi connectivity index (χ0n) is 14.3. The van der Waals surface area contributed by atoms with E-state index < -0.39 is 5.60 Å². The van der Waals surface area contributed by atoms with Gasteiger partial charge in [-0.15, -0.1) is 0 Å². The molecule has 2 N–H and O–H groups in total. The predicted molar refractivity (Wildman–Crippen MR) is 87.9 cm³/mol. The Hall–Kier alpha value is -2.08. The number of carbonyl (C=O) groups excluding carboxylic acids is 2. The van der Waals surface area contributed by atoms with Crippen molar-refractivity contribution < 1.29 is 18.8 Å². The molecule has 2 atom stereocenters. The first-order chi connectivity index (χ1) is 10.7. The maximum absolute atomic E-state index is 12.6. The van der Waals surface area contributed by atoms with Crippen LogP contribution >= 0.6 is 0 Å². The van der Waals surface area contributed by atoms with E-state index in [1.807, 2.05) is 33.9 Å². The van der Waals surface area contributed by atoms with Crippen LogP contribution in [0.4, 0.5) is 4.79 Å². The van der Waals surface area contributed by atoms with Gasteiger partial charge in [-0.25, -0.2) is 4.48 Å². The molecule has 2 aliphatic heterocycles. The summed E-state index contributed by atoms with van der Waals surface area (Å²) in [5.41, 5.74) is -0.0184. The Bertz CT molecular complexity index is 572. The molecular weight excluding hydrogens is 294 g/mol. The van der Waals surface area contributed by atoms with Gasteiger partial charge in [0.15, 0.2) is 6.17 Å². The predicted octanol–water partition coefficient (Wildman–Crippen LogP) is 2.16. The van der Waals surface area contributed by atoms with Gasteiger partial charge in [0.25, 0.3) is 5.91 Å². The minimum atomic E-state index is -0.544. The van der Waals surface area contributed by atoms with Gasteiger partial charge in [-0.1, -0.05) is 6.08 Å². The van der Waals surface area contributed by atoms with E-state index in [4.69, 9.17) is 4.74 Å². The molecule has 0 radical (unpaired) electrons.